The second kappa shape index (κ2) is 12.5. The topological polar surface area (TPSA) is 114 Å². The van der Waals surface area contributed by atoms with Crippen molar-refractivity contribution in [2.75, 3.05) is 19.3 Å². The van der Waals surface area contributed by atoms with Gasteiger partial charge in [-0.1, -0.05) is 23.7 Å². The molecule has 1 aliphatic rings. The first kappa shape index (κ1) is 30.8. The summed E-state index contributed by atoms with van der Waals surface area (Å²) in [6.45, 7) is 1.62. The van der Waals surface area contributed by atoms with Gasteiger partial charge in [0.05, 0.1) is 11.4 Å². The van der Waals surface area contributed by atoms with E-state index in [4.69, 9.17) is 16.3 Å². The largest absolute Gasteiger partial charge is 0.474 e. The Hall–Kier alpha value is -3.62. The van der Waals surface area contributed by atoms with Crippen molar-refractivity contribution >= 4 is 21.4 Å². The highest BCUT2D eigenvalue weighted by Crippen LogP contribution is 2.29. The average Bonchev–Trinajstić information content (AvgIpc) is 3.43. The Kier molecular flexibility index (Phi) is 8.99. The van der Waals surface area contributed by atoms with Crippen LogP contribution in [0.3, 0.4) is 0 Å². The van der Waals surface area contributed by atoms with Crippen LogP contribution in [0.5, 0.6) is 5.88 Å². The molecule has 0 amide bonds. The van der Waals surface area contributed by atoms with Gasteiger partial charge in [-0.15, -0.1) is 0 Å². The molecule has 228 valence electrons. The zero-order chi connectivity index (χ0) is 30.8. The Labute approximate surface area is 250 Å². The molecule has 1 N–H and O–H groups in total. The number of rotatable bonds is 9. The molecule has 0 saturated carbocycles. The molecule has 0 atom stereocenters. The molecular formula is C28H27ClF4N6O3S. The molecule has 1 aliphatic heterocycles. The van der Waals surface area contributed by atoms with Gasteiger partial charge in [0, 0.05) is 60.9 Å². The Morgan fingerprint density at radius 1 is 1.09 bits per heavy atom. The second-order valence-electron chi connectivity index (χ2n) is 10.4. The number of benzene rings is 1. The van der Waals surface area contributed by atoms with E-state index in [1.54, 1.807) is 24.3 Å². The molecule has 0 spiro atoms. The number of aromatic amines is 1. The Morgan fingerprint density at radius 3 is 2.53 bits per heavy atom. The van der Waals surface area contributed by atoms with Crippen LogP contribution in [0.2, 0.25) is 5.02 Å². The van der Waals surface area contributed by atoms with Crippen molar-refractivity contribution in [1.82, 2.24) is 30.0 Å². The summed E-state index contributed by atoms with van der Waals surface area (Å²) >= 11 is 5.84. The Morgan fingerprint density at radius 2 is 1.86 bits per heavy atom. The standard InChI is InChI=1S/C28H27ClF4N6O3S/c1-43(40,41)16-19-11-18(26-36-27(38-37-26)28(31,32)33)14-34-24(19)15-39-9-7-22(8-10-39)42-25-4-2-3-21(35-25)12-17-5-6-20(29)13-23(17)30/h2-6,11,13-14,22H,7-10,12,15-16H2,1H3,(H,36,37,38). The number of nitrogens with zero attached hydrogens (tertiary/aromatic N) is 5. The molecular weight excluding hydrogens is 612 g/mol. The quantitative estimate of drug-likeness (QED) is 0.247. The lowest BCUT2D eigenvalue weighted by atomic mass is 10.1. The third-order valence-electron chi connectivity index (χ3n) is 6.85. The van der Waals surface area contributed by atoms with E-state index in [0.717, 1.165) is 6.26 Å². The van der Waals surface area contributed by atoms with Crippen LogP contribution in [-0.2, 0) is 34.7 Å². The van der Waals surface area contributed by atoms with Gasteiger partial charge in [-0.3, -0.25) is 15.0 Å². The number of hydrogen-bond donors (Lipinski definition) is 1. The summed E-state index contributed by atoms with van der Waals surface area (Å²) in [6.07, 6.45) is -0.737. The summed E-state index contributed by atoms with van der Waals surface area (Å²) in [5.41, 5.74) is 2.18. The van der Waals surface area contributed by atoms with Gasteiger partial charge in [0.2, 0.25) is 11.7 Å². The van der Waals surface area contributed by atoms with Crippen LogP contribution >= 0.6 is 11.6 Å². The molecule has 1 saturated heterocycles. The number of sulfone groups is 1. The van der Waals surface area contributed by atoms with E-state index < -0.39 is 27.7 Å². The van der Waals surface area contributed by atoms with E-state index >= 15 is 0 Å². The zero-order valence-electron chi connectivity index (χ0n) is 22.9. The van der Waals surface area contributed by atoms with Crippen LogP contribution in [0, 0.1) is 5.82 Å². The first-order valence-electron chi connectivity index (χ1n) is 13.3. The SMILES string of the molecule is CS(=O)(=O)Cc1cc(-c2n[nH]c(C(F)(F)F)n2)cnc1CN1CCC(Oc2cccc(Cc3ccc(Cl)cc3F)n2)CC1. The lowest BCUT2D eigenvalue weighted by Gasteiger charge is -2.32. The van der Waals surface area contributed by atoms with E-state index in [0.29, 0.717) is 72.3 Å². The molecule has 1 aromatic carbocycles. The molecule has 0 radical (unpaired) electrons. The molecule has 3 aromatic heterocycles. The van der Waals surface area contributed by atoms with Crippen molar-refractivity contribution < 1.29 is 30.7 Å². The summed E-state index contributed by atoms with van der Waals surface area (Å²) in [6, 6.07) is 11.4. The third-order valence-corrected chi connectivity index (χ3v) is 7.92. The first-order chi connectivity index (χ1) is 20.3. The average molecular weight is 639 g/mol. The number of likely N-dealkylation sites (tertiary alicyclic amines) is 1. The maximum absolute atomic E-state index is 14.2. The number of aromatic nitrogens is 5. The highest BCUT2D eigenvalue weighted by molar-refractivity contribution is 7.89. The van der Waals surface area contributed by atoms with Crippen LogP contribution in [-0.4, -0.2) is 63.9 Å². The third kappa shape index (κ3) is 8.27. The Balaban J connectivity index is 1.22. The fourth-order valence-corrected chi connectivity index (χ4v) is 5.75. The molecule has 1 fully saturated rings. The van der Waals surface area contributed by atoms with Gasteiger partial charge >= 0.3 is 6.18 Å². The van der Waals surface area contributed by atoms with Crippen LogP contribution in [0.25, 0.3) is 11.4 Å². The Bertz CT molecular complexity index is 1710. The number of piperidine rings is 1. The van der Waals surface area contributed by atoms with Gasteiger partial charge in [0.25, 0.3) is 0 Å². The fourth-order valence-electron chi connectivity index (χ4n) is 4.78. The van der Waals surface area contributed by atoms with Gasteiger partial charge in [-0.2, -0.15) is 18.3 Å². The van der Waals surface area contributed by atoms with E-state index in [1.807, 2.05) is 11.2 Å². The summed E-state index contributed by atoms with van der Waals surface area (Å²) in [4.78, 5) is 14.5. The van der Waals surface area contributed by atoms with Crippen LogP contribution in [0.1, 0.15) is 41.2 Å². The molecule has 0 bridgehead atoms. The molecule has 5 rings (SSSR count). The summed E-state index contributed by atoms with van der Waals surface area (Å²) < 4.78 is 83.4. The summed E-state index contributed by atoms with van der Waals surface area (Å²) in [7, 11) is -3.47. The molecule has 9 nitrogen and oxygen atoms in total. The first-order valence-corrected chi connectivity index (χ1v) is 15.7. The molecule has 4 aromatic rings. The fraction of sp³-hybridized carbons (Fsp3) is 0.357. The van der Waals surface area contributed by atoms with Crippen molar-refractivity contribution in [3.05, 3.63) is 87.8 Å². The van der Waals surface area contributed by atoms with E-state index in [1.165, 1.54) is 18.3 Å². The minimum Gasteiger partial charge on any atom is -0.474 e. The minimum atomic E-state index is -4.69. The van der Waals surface area contributed by atoms with E-state index in [-0.39, 0.29) is 23.2 Å². The monoisotopic (exact) mass is 638 g/mol. The second-order valence-corrected chi connectivity index (χ2v) is 13.0. The highest BCUT2D eigenvalue weighted by Gasteiger charge is 2.35. The summed E-state index contributed by atoms with van der Waals surface area (Å²) in [5, 5.41) is 5.80. The molecule has 0 unspecified atom stereocenters. The van der Waals surface area contributed by atoms with Crippen molar-refractivity contribution in [1.29, 1.82) is 0 Å². The predicted octanol–water partition coefficient (Wildman–Crippen LogP) is 5.25. The van der Waals surface area contributed by atoms with Crippen LogP contribution in [0.15, 0.2) is 48.7 Å². The lowest BCUT2D eigenvalue weighted by Crippen LogP contribution is -2.38. The minimum absolute atomic E-state index is 0.106. The van der Waals surface area contributed by atoms with Gasteiger partial charge in [0.15, 0.2) is 15.7 Å². The molecule has 43 heavy (non-hydrogen) atoms. The zero-order valence-corrected chi connectivity index (χ0v) is 24.5. The van der Waals surface area contributed by atoms with Gasteiger partial charge in [-0.05, 0) is 48.2 Å². The van der Waals surface area contributed by atoms with Crippen molar-refractivity contribution in [2.24, 2.45) is 0 Å². The van der Waals surface area contributed by atoms with Gasteiger partial charge in [-0.25, -0.2) is 22.8 Å². The van der Waals surface area contributed by atoms with Crippen LogP contribution < -0.4 is 4.74 Å². The molecule has 4 heterocycles. The number of alkyl halides is 3. The summed E-state index contributed by atoms with van der Waals surface area (Å²) in [5.74, 6) is -1.76. The number of ether oxygens (including phenoxy) is 1. The smallest absolute Gasteiger partial charge is 0.451 e. The van der Waals surface area contributed by atoms with Gasteiger partial charge in [0.1, 0.15) is 11.9 Å². The number of halogens is 5. The number of pyridine rings is 2. The van der Waals surface area contributed by atoms with E-state index in [2.05, 4.69) is 25.0 Å². The highest BCUT2D eigenvalue weighted by atomic mass is 35.5. The van der Waals surface area contributed by atoms with Crippen molar-refractivity contribution in [3.8, 4) is 17.3 Å². The normalized spacial score (nSPS) is 15.1. The van der Waals surface area contributed by atoms with E-state index in [9.17, 15) is 26.0 Å². The maximum Gasteiger partial charge on any atom is 0.451 e. The number of H-pyrrole nitrogens is 1. The van der Waals surface area contributed by atoms with Crippen molar-refractivity contribution in [2.45, 2.75) is 43.8 Å². The van der Waals surface area contributed by atoms with Crippen LogP contribution in [0.4, 0.5) is 17.6 Å². The van der Waals surface area contributed by atoms with Gasteiger partial charge < -0.3 is 4.74 Å². The predicted molar refractivity (Wildman–Crippen MR) is 151 cm³/mol. The maximum atomic E-state index is 14.2. The number of nitrogens with one attached hydrogen (secondary N) is 1. The van der Waals surface area contributed by atoms with Crippen molar-refractivity contribution in [3.63, 3.8) is 0 Å². The number of hydrogen-bond acceptors (Lipinski definition) is 8. The lowest BCUT2D eigenvalue weighted by molar-refractivity contribution is -0.144. The molecule has 0 aliphatic carbocycles. The molecule has 15 heteroatoms.